The van der Waals surface area contributed by atoms with Gasteiger partial charge in [0.1, 0.15) is 18.1 Å². The van der Waals surface area contributed by atoms with Crippen molar-refractivity contribution in [3.05, 3.63) is 58.2 Å². The lowest BCUT2D eigenvalue weighted by Crippen LogP contribution is -2.19. The van der Waals surface area contributed by atoms with Crippen molar-refractivity contribution < 1.29 is 9.47 Å². The molecule has 26 heavy (non-hydrogen) atoms. The third kappa shape index (κ3) is 3.89. The van der Waals surface area contributed by atoms with Gasteiger partial charge in [0.15, 0.2) is 0 Å². The van der Waals surface area contributed by atoms with Crippen molar-refractivity contribution in [2.24, 2.45) is 0 Å². The quantitative estimate of drug-likeness (QED) is 0.557. The SMILES string of the molecule is COc1ccc2c(c1)c(OCCN(C)C)c(C)n2Cc1ccccc1Br. The zero-order valence-electron chi connectivity index (χ0n) is 15.8. The van der Waals surface area contributed by atoms with Crippen molar-refractivity contribution in [1.29, 1.82) is 0 Å². The first-order chi connectivity index (χ1) is 12.5. The molecule has 0 saturated heterocycles. The number of ether oxygens (including phenoxy) is 2. The van der Waals surface area contributed by atoms with E-state index in [9.17, 15) is 0 Å². The number of aromatic nitrogens is 1. The summed E-state index contributed by atoms with van der Waals surface area (Å²) in [6, 6.07) is 14.5. The second-order valence-electron chi connectivity index (χ2n) is 6.63. The molecule has 0 aliphatic carbocycles. The predicted octanol–water partition coefficient (Wildman–Crippen LogP) is 4.71. The Hall–Kier alpha value is -1.98. The maximum Gasteiger partial charge on any atom is 0.147 e. The Kier molecular flexibility index (Phi) is 5.89. The average Bonchev–Trinajstić information content (AvgIpc) is 2.88. The van der Waals surface area contributed by atoms with E-state index in [1.807, 2.05) is 12.1 Å². The monoisotopic (exact) mass is 416 g/mol. The highest BCUT2D eigenvalue weighted by molar-refractivity contribution is 9.10. The summed E-state index contributed by atoms with van der Waals surface area (Å²) < 4.78 is 15.0. The van der Waals surface area contributed by atoms with Crippen molar-refractivity contribution in [1.82, 2.24) is 9.47 Å². The second kappa shape index (κ2) is 8.14. The molecule has 4 nitrogen and oxygen atoms in total. The number of rotatable bonds is 7. The summed E-state index contributed by atoms with van der Waals surface area (Å²) in [5.74, 6) is 1.78. The summed E-state index contributed by atoms with van der Waals surface area (Å²) in [4.78, 5) is 2.12. The predicted molar refractivity (Wildman–Crippen MR) is 111 cm³/mol. The first-order valence-corrected chi connectivity index (χ1v) is 9.48. The van der Waals surface area contributed by atoms with Gasteiger partial charge >= 0.3 is 0 Å². The van der Waals surface area contributed by atoms with Crippen LogP contribution in [0.4, 0.5) is 0 Å². The third-order valence-corrected chi connectivity index (χ3v) is 5.32. The lowest BCUT2D eigenvalue weighted by molar-refractivity contribution is 0.262. The normalized spacial score (nSPS) is 11.3. The fourth-order valence-electron chi connectivity index (χ4n) is 3.07. The van der Waals surface area contributed by atoms with E-state index in [4.69, 9.17) is 9.47 Å². The lowest BCUT2D eigenvalue weighted by Gasteiger charge is -2.12. The van der Waals surface area contributed by atoms with Crippen LogP contribution in [0.1, 0.15) is 11.3 Å². The van der Waals surface area contributed by atoms with Gasteiger partial charge in [-0.05, 0) is 50.8 Å². The van der Waals surface area contributed by atoms with Crippen LogP contribution in [0.5, 0.6) is 11.5 Å². The number of halogens is 1. The molecule has 5 heteroatoms. The number of fused-ring (bicyclic) bond motifs is 1. The van der Waals surface area contributed by atoms with Gasteiger partial charge in [-0.15, -0.1) is 0 Å². The molecule has 0 aliphatic rings. The van der Waals surface area contributed by atoms with E-state index in [0.29, 0.717) is 6.61 Å². The minimum absolute atomic E-state index is 0.652. The van der Waals surface area contributed by atoms with E-state index < -0.39 is 0 Å². The molecule has 0 amide bonds. The molecular weight excluding hydrogens is 392 g/mol. The van der Waals surface area contributed by atoms with Crippen LogP contribution in [-0.4, -0.2) is 43.8 Å². The van der Waals surface area contributed by atoms with Crippen molar-refractivity contribution in [2.75, 3.05) is 34.4 Å². The van der Waals surface area contributed by atoms with Gasteiger partial charge < -0.3 is 18.9 Å². The van der Waals surface area contributed by atoms with Gasteiger partial charge in [-0.25, -0.2) is 0 Å². The summed E-state index contributed by atoms with van der Waals surface area (Å²) in [6.45, 7) is 4.43. The van der Waals surface area contributed by atoms with Crippen LogP contribution in [0.15, 0.2) is 46.9 Å². The van der Waals surface area contributed by atoms with Crippen LogP contribution in [0.3, 0.4) is 0 Å². The van der Waals surface area contributed by atoms with Crippen LogP contribution in [0, 0.1) is 6.92 Å². The molecule has 2 aromatic carbocycles. The highest BCUT2D eigenvalue weighted by atomic mass is 79.9. The maximum absolute atomic E-state index is 6.18. The Morgan fingerprint density at radius 2 is 1.88 bits per heavy atom. The summed E-state index contributed by atoms with van der Waals surface area (Å²) >= 11 is 3.66. The van der Waals surface area contributed by atoms with Gasteiger partial charge in [0.2, 0.25) is 0 Å². The Bertz CT molecular complexity index is 902. The van der Waals surface area contributed by atoms with Crippen molar-refractivity contribution in [3.8, 4) is 11.5 Å². The standard InChI is InChI=1S/C21H25BrN2O2/c1-15-21(26-12-11-23(2)3)18-13-17(25-4)9-10-20(18)24(15)14-16-7-5-6-8-19(16)22/h5-10,13H,11-12,14H2,1-4H3. The minimum Gasteiger partial charge on any atom is -0.497 e. The molecular formula is C21H25BrN2O2. The highest BCUT2D eigenvalue weighted by Crippen LogP contribution is 2.36. The number of nitrogens with zero attached hydrogens (tertiary/aromatic N) is 2. The van der Waals surface area contributed by atoms with Crippen LogP contribution >= 0.6 is 15.9 Å². The van der Waals surface area contributed by atoms with Crippen LogP contribution in [0.25, 0.3) is 10.9 Å². The number of likely N-dealkylation sites (N-methyl/N-ethyl adjacent to an activating group) is 1. The smallest absolute Gasteiger partial charge is 0.147 e. The first kappa shape index (κ1) is 18.8. The molecule has 0 atom stereocenters. The Morgan fingerprint density at radius 3 is 2.58 bits per heavy atom. The van der Waals surface area contributed by atoms with E-state index >= 15 is 0 Å². The third-order valence-electron chi connectivity index (χ3n) is 4.54. The molecule has 0 aliphatic heterocycles. The lowest BCUT2D eigenvalue weighted by atomic mass is 10.2. The van der Waals surface area contributed by atoms with Gasteiger partial charge in [0, 0.05) is 22.9 Å². The number of methoxy groups -OCH3 is 1. The molecule has 0 N–H and O–H groups in total. The molecule has 3 aromatic rings. The second-order valence-corrected chi connectivity index (χ2v) is 7.48. The fraction of sp³-hybridized carbons (Fsp3) is 0.333. The van der Waals surface area contributed by atoms with E-state index in [0.717, 1.165) is 45.7 Å². The Morgan fingerprint density at radius 1 is 1.12 bits per heavy atom. The molecule has 0 fully saturated rings. The largest absolute Gasteiger partial charge is 0.497 e. The molecule has 0 saturated carbocycles. The summed E-state index contributed by atoms with van der Waals surface area (Å²) in [5.41, 5.74) is 3.52. The first-order valence-electron chi connectivity index (χ1n) is 8.69. The topological polar surface area (TPSA) is 26.6 Å². The molecule has 138 valence electrons. The molecule has 0 unspecified atom stereocenters. The van der Waals surface area contributed by atoms with Gasteiger partial charge in [-0.1, -0.05) is 34.1 Å². The van der Waals surface area contributed by atoms with Gasteiger partial charge in [0.25, 0.3) is 0 Å². The van der Waals surface area contributed by atoms with E-state index in [1.54, 1.807) is 7.11 Å². The van der Waals surface area contributed by atoms with Crippen LogP contribution in [-0.2, 0) is 6.54 Å². The van der Waals surface area contributed by atoms with E-state index in [1.165, 1.54) is 5.56 Å². The van der Waals surface area contributed by atoms with Crippen molar-refractivity contribution in [2.45, 2.75) is 13.5 Å². The fourth-order valence-corrected chi connectivity index (χ4v) is 3.48. The summed E-state index contributed by atoms with van der Waals surface area (Å²) in [5, 5.41) is 1.09. The molecule has 0 radical (unpaired) electrons. The Labute approximate surface area is 163 Å². The van der Waals surface area contributed by atoms with Crippen LogP contribution in [0.2, 0.25) is 0 Å². The highest BCUT2D eigenvalue weighted by Gasteiger charge is 2.17. The number of benzene rings is 2. The van der Waals surface area contributed by atoms with Crippen molar-refractivity contribution >= 4 is 26.8 Å². The average molecular weight is 417 g/mol. The molecule has 1 aromatic heterocycles. The number of hydrogen-bond donors (Lipinski definition) is 0. The summed E-state index contributed by atoms with van der Waals surface area (Å²) in [7, 11) is 5.80. The summed E-state index contributed by atoms with van der Waals surface area (Å²) in [6.07, 6.45) is 0. The maximum atomic E-state index is 6.18. The van der Waals surface area contributed by atoms with Gasteiger partial charge in [-0.3, -0.25) is 0 Å². The molecule has 0 spiro atoms. The molecule has 1 heterocycles. The molecule has 0 bridgehead atoms. The molecule has 3 rings (SSSR count). The van der Waals surface area contributed by atoms with Gasteiger partial charge in [-0.2, -0.15) is 0 Å². The van der Waals surface area contributed by atoms with E-state index in [-0.39, 0.29) is 0 Å². The number of hydrogen-bond acceptors (Lipinski definition) is 3. The van der Waals surface area contributed by atoms with Crippen LogP contribution < -0.4 is 9.47 Å². The zero-order chi connectivity index (χ0) is 18.7. The zero-order valence-corrected chi connectivity index (χ0v) is 17.3. The minimum atomic E-state index is 0.652. The Balaban J connectivity index is 2.04. The van der Waals surface area contributed by atoms with E-state index in [2.05, 4.69) is 76.7 Å². The van der Waals surface area contributed by atoms with Crippen molar-refractivity contribution in [3.63, 3.8) is 0 Å². The van der Waals surface area contributed by atoms with Gasteiger partial charge in [0.05, 0.1) is 18.3 Å².